The molecule has 25 heavy (non-hydrogen) atoms. The molecule has 3 nitrogen and oxygen atoms in total. The minimum Gasteiger partial charge on any atom is -0.381 e. The fraction of sp³-hybridized carbons (Fsp3) is 0.476. The molecule has 134 valence electrons. The number of hydrogen-bond donors (Lipinski definition) is 0. The maximum atomic E-state index is 6.00. The van der Waals surface area contributed by atoms with Gasteiger partial charge in [-0.2, -0.15) is 0 Å². The molecule has 4 heteroatoms. The Bertz CT molecular complexity index is 647. The molecule has 3 rings (SSSR count). The summed E-state index contributed by atoms with van der Waals surface area (Å²) in [4.78, 5) is 6.77. The zero-order valence-corrected chi connectivity index (χ0v) is 15.7. The first kappa shape index (κ1) is 18.4. The van der Waals surface area contributed by atoms with Crippen LogP contribution >= 0.6 is 11.6 Å². The first-order valence-electron chi connectivity index (χ1n) is 9.13. The van der Waals surface area contributed by atoms with Gasteiger partial charge in [-0.05, 0) is 62.1 Å². The molecule has 0 saturated carbocycles. The maximum absolute atomic E-state index is 6.00. The number of hydrogen-bond acceptors (Lipinski definition) is 3. The molecule has 0 aliphatic carbocycles. The molecule has 2 heterocycles. The molecular weight excluding hydrogens is 332 g/mol. The second kappa shape index (κ2) is 8.79. The molecule has 1 atom stereocenters. The normalized spacial score (nSPS) is 20.9. The van der Waals surface area contributed by atoms with Crippen molar-refractivity contribution in [3.05, 3.63) is 64.9 Å². The third kappa shape index (κ3) is 5.27. The van der Waals surface area contributed by atoms with Crippen LogP contribution in [0.15, 0.2) is 48.8 Å². The maximum Gasteiger partial charge on any atom is 0.0535 e. The Labute approximate surface area is 156 Å². The van der Waals surface area contributed by atoms with Crippen LogP contribution < -0.4 is 0 Å². The lowest BCUT2D eigenvalue weighted by molar-refractivity contribution is 0.0489. The summed E-state index contributed by atoms with van der Waals surface area (Å²) in [5, 5.41) is 0.802. The van der Waals surface area contributed by atoms with Crippen molar-refractivity contribution >= 4 is 11.6 Å². The van der Waals surface area contributed by atoms with Gasteiger partial charge in [0.25, 0.3) is 0 Å². The summed E-state index contributed by atoms with van der Waals surface area (Å²) < 4.78 is 5.87. The second-order valence-electron chi connectivity index (χ2n) is 7.09. The first-order valence-corrected chi connectivity index (χ1v) is 9.50. The van der Waals surface area contributed by atoms with Gasteiger partial charge in [0.2, 0.25) is 0 Å². The van der Waals surface area contributed by atoms with Crippen LogP contribution in [-0.4, -0.2) is 36.2 Å². The minimum atomic E-state index is 0.248. The van der Waals surface area contributed by atoms with Crippen molar-refractivity contribution in [3.63, 3.8) is 0 Å². The number of likely N-dealkylation sites (tertiary alicyclic amines) is 1. The fourth-order valence-electron chi connectivity index (χ4n) is 3.69. The Kier molecular flexibility index (Phi) is 6.46. The van der Waals surface area contributed by atoms with Crippen molar-refractivity contribution in [2.24, 2.45) is 5.41 Å². The summed E-state index contributed by atoms with van der Waals surface area (Å²) >= 11 is 6.00. The molecule has 0 amide bonds. The van der Waals surface area contributed by atoms with Crippen LogP contribution in [0.5, 0.6) is 0 Å². The molecule has 1 aliphatic heterocycles. The number of benzene rings is 1. The lowest BCUT2D eigenvalue weighted by Gasteiger charge is -2.29. The van der Waals surface area contributed by atoms with Crippen molar-refractivity contribution < 1.29 is 4.74 Å². The topological polar surface area (TPSA) is 25.4 Å². The van der Waals surface area contributed by atoms with Gasteiger partial charge in [-0.15, -0.1) is 0 Å². The van der Waals surface area contributed by atoms with E-state index in [0.29, 0.717) is 0 Å². The van der Waals surface area contributed by atoms with E-state index in [1.807, 2.05) is 30.6 Å². The Balaban J connectivity index is 1.61. The van der Waals surface area contributed by atoms with E-state index in [0.717, 1.165) is 50.7 Å². The van der Waals surface area contributed by atoms with Crippen LogP contribution in [0.2, 0.25) is 5.02 Å². The van der Waals surface area contributed by atoms with Crippen LogP contribution in [0.1, 0.15) is 30.9 Å². The number of aryl methyl sites for hydroxylation is 1. The van der Waals surface area contributed by atoms with E-state index in [-0.39, 0.29) is 5.41 Å². The predicted octanol–water partition coefficient (Wildman–Crippen LogP) is 4.60. The first-order chi connectivity index (χ1) is 12.2. The number of nitrogens with zero attached hydrogens (tertiary/aromatic N) is 2. The van der Waals surface area contributed by atoms with Crippen LogP contribution in [0.3, 0.4) is 0 Å². The number of rotatable bonds is 8. The highest BCUT2D eigenvalue weighted by atomic mass is 35.5. The summed E-state index contributed by atoms with van der Waals surface area (Å²) in [6.07, 6.45) is 7.22. The third-order valence-corrected chi connectivity index (χ3v) is 5.37. The lowest BCUT2D eigenvalue weighted by Crippen LogP contribution is -2.32. The number of halogens is 1. The molecule has 2 aromatic rings. The van der Waals surface area contributed by atoms with E-state index in [1.165, 1.54) is 17.5 Å². The van der Waals surface area contributed by atoms with Crippen molar-refractivity contribution in [3.8, 4) is 0 Å². The van der Waals surface area contributed by atoms with Crippen molar-refractivity contribution in [1.29, 1.82) is 0 Å². The molecular formula is C21H27ClN2O. The van der Waals surface area contributed by atoms with Gasteiger partial charge >= 0.3 is 0 Å². The zero-order chi connectivity index (χ0) is 17.5. The summed E-state index contributed by atoms with van der Waals surface area (Å²) in [6.45, 7) is 6.90. The van der Waals surface area contributed by atoms with Crippen LogP contribution in [-0.2, 0) is 17.7 Å². The molecule has 1 unspecified atom stereocenters. The minimum absolute atomic E-state index is 0.248. The van der Waals surface area contributed by atoms with E-state index < -0.39 is 0 Å². The Morgan fingerprint density at radius 2 is 2.04 bits per heavy atom. The zero-order valence-electron chi connectivity index (χ0n) is 15.0. The highest BCUT2D eigenvalue weighted by Gasteiger charge is 2.37. The van der Waals surface area contributed by atoms with E-state index in [9.17, 15) is 0 Å². The standard InChI is InChI=1S/C21H27ClN2O/c1-2-25-17-21(10-9-18-5-7-20(22)8-6-18)11-13-24(16-21)15-19-4-3-12-23-14-19/h3-8,12,14H,2,9-11,13,15-17H2,1H3. The fourth-order valence-corrected chi connectivity index (χ4v) is 3.81. The number of aromatic nitrogens is 1. The van der Waals surface area contributed by atoms with Crippen molar-refractivity contribution in [2.45, 2.75) is 32.7 Å². The molecule has 0 bridgehead atoms. The van der Waals surface area contributed by atoms with Gasteiger partial charge in [-0.3, -0.25) is 9.88 Å². The molecule has 1 saturated heterocycles. The van der Waals surface area contributed by atoms with Crippen LogP contribution in [0.25, 0.3) is 0 Å². The van der Waals surface area contributed by atoms with Gasteiger partial charge < -0.3 is 4.74 Å². The van der Waals surface area contributed by atoms with Gasteiger partial charge in [-0.1, -0.05) is 29.8 Å². The summed E-state index contributed by atoms with van der Waals surface area (Å²) in [5.74, 6) is 0. The molecule has 0 N–H and O–H groups in total. The molecule has 0 spiro atoms. The van der Waals surface area contributed by atoms with Gasteiger partial charge in [0.15, 0.2) is 0 Å². The van der Waals surface area contributed by atoms with E-state index >= 15 is 0 Å². The monoisotopic (exact) mass is 358 g/mol. The van der Waals surface area contributed by atoms with Crippen LogP contribution in [0.4, 0.5) is 0 Å². The quantitative estimate of drug-likeness (QED) is 0.689. The highest BCUT2D eigenvalue weighted by Crippen LogP contribution is 2.36. The average molecular weight is 359 g/mol. The Hall–Kier alpha value is -1.42. The van der Waals surface area contributed by atoms with Gasteiger partial charge in [0, 0.05) is 42.5 Å². The van der Waals surface area contributed by atoms with E-state index in [4.69, 9.17) is 16.3 Å². The van der Waals surface area contributed by atoms with Gasteiger partial charge in [0.05, 0.1) is 6.61 Å². The number of pyridine rings is 1. The molecule has 1 aromatic carbocycles. The Morgan fingerprint density at radius 3 is 2.76 bits per heavy atom. The lowest BCUT2D eigenvalue weighted by atomic mass is 9.82. The third-order valence-electron chi connectivity index (χ3n) is 5.12. The summed E-state index contributed by atoms with van der Waals surface area (Å²) in [7, 11) is 0. The number of ether oxygens (including phenoxy) is 1. The summed E-state index contributed by atoms with van der Waals surface area (Å²) in [6, 6.07) is 12.4. The van der Waals surface area contributed by atoms with Crippen LogP contribution in [0, 0.1) is 5.41 Å². The van der Waals surface area contributed by atoms with E-state index in [1.54, 1.807) is 0 Å². The predicted molar refractivity (Wildman–Crippen MR) is 103 cm³/mol. The second-order valence-corrected chi connectivity index (χ2v) is 7.52. The van der Waals surface area contributed by atoms with E-state index in [2.05, 4.69) is 35.0 Å². The summed E-state index contributed by atoms with van der Waals surface area (Å²) in [5.41, 5.74) is 2.89. The highest BCUT2D eigenvalue weighted by molar-refractivity contribution is 6.30. The van der Waals surface area contributed by atoms with Crippen molar-refractivity contribution in [1.82, 2.24) is 9.88 Å². The largest absolute Gasteiger partial charge is 0.381 e. The van der Waals surface area contributed by atoms with Gasteiger partial charge in [-0.25, -0.2) is 0 Å². The van der Waals surface area contributed by atoms with Crippen molar-refractivity contribution in [2.75, 3.05) is 26.3 Å². The molecule has 1 aliphatic rings. The molecule has 1 fully saturated rings. The SMILES string of the molecule is CCOCC1(CCc2ccc(Cl)cc2)CCN(Cc2cccnc2)C1. The molecule has 0 radical (unpaired) electrons. The molecule has 1 aromatic heterocycles. The van der Waals surface area contributed by atoms with Gasteiger partial charge in [0.1, 0.15) is 0 Å². The average Bonchev–Trinajstić information content (AvgIpc) is 3.04. The smallest absolute Gasteiger partial charge is 0.0535 e. The Morgan fingerprint density at radius 1 is 1.20 bits per heavy atom.